The smallest absolute Gasteiger partial charge is 0.295 e. The van der Waals surface area contributed by atoms with Crippen LogP contribution in [0.4, 0.5) is 4.39 Å². The fourth-order valence-electron chi connectivity index (χ4n) is 4.45. The lowest BCUT2D eigenvalue weighted by atomic mass is 10.1. The number of amides is 1. The minimum atomic E-state index is -0.769. The van der Waals surface area contributed by atoms with E-state index in [1.54, 1.807) is 6.20 Å². The van der Waals surface area contributed by atoms with Crippen LogP contribution >= 0.6 is 0 Å². The highest BCUT2D eigenvalue weighted by atomic mass is 19.1. The fourth-order valence-corrected chi connectivity index (χ4v) is 4.45. The number of pyridine rings is 1. The molecule has 190 valence electrons. The Morgan fingerprint density at radius 2 is 1.86 bits per heavy atom. The van der Waals surface area contributed by atoms with Crippen LogP contribution in [-0.2, 0) is 4.79 Å². The molecule has 1 saturated heterocycles. The van der Waals surface area contributed by atoms with Gasteiger partial charge in [0.2, 0.25) is 0 Å². The highest BCUT2D eigenvalue weighted by molar-refractivity contribution is 6.45. The maximum Gasteiger partial charge on any atom is 0.295 e. The number of halogens is 1. The zero-order valence-electron chi connectivity index (χ0n) is 20.5. The van der Waals surface area contributed by atoms with Crippen LogP contribution in [0.25, 0.3) is 16.7 Å². The minimum absolute atomic E-state index is 0.00640. The van der Waals surface area contributed by atoms with Gasteiger partial charge in [-0.2, -0.15) is 0 Å². The number of hydrogen-bond acceptors (Lipinski definition) is 6. The molecule has 0 saturated carbocycles. The average Bonchev–Trinajstić information content (AvgIpc) is 3.63. The first-order chi connectivity index (χ1) is 18.1. The van der Waals surface area contributed by atoms with Crippen LogP contribution in [0.3, 0.4) is 0 Å². The number of aromatic amines is 1. The second-order valence-corrected chi connectivity index (χ2v) is 8.76. The summed E-state index contributed by atoms with van der Waals surface area (Å²) in [7, 11) is 0. The molecule has 0 aliphatic carbocycles. The lowest BCUT2D eigenvalue weighted by Gasteiger charge is -2.36. The standard InChI is InChI=1S/C26H27FN8O2/c1-2-3-9-28-24(18-7-5-4-6-8-18)33-12-14-34(15-13-33)26(37)23(36)19-16-29-22-21(19)20(27)17-30-25(22)35-11-10-31-32-35/h4-8,10-11,16-17,29H,2-3,9,12-15H2,1H3/b28-24+. The minimum Gasteiger partial charge on any atom is -0.357 e. The van der Waals surface area contributed by atoms with Gasteiger partial charge in [-0.25, -0.2) is 14.1 Å². The van der Waals surface area contributed by atoms with Gasteiger partial charge in [0, 0.05) is 44.5 Å². The molecule has 0 radical (unpaired) electrons. The first-order valence-corrected chi connectivity index (χ1v) is 12.3. The number of unbranched alkanes of at least 4 members (excludes halogenated alkanes) is 1. The molecular formula is C26H27FN8O2. The molecule has 37 heavy (non-hydrogen) atoms. The predicted octanol–water partition coefficient (Wildman–Crippen LogP) is 2.86. The van der Waals surface area contributed by atoms with Gasteiger partial charge in [-0.1, -0.05) is 48.9 Å². The number of aliphatic imine (C=N–C) groups is 1. The van der Waals surface area contributed by atoms with Crippen LogP contribution in [0.2, 0.25) is 0 Å². The number of ketones is 1. The molecule has 1 amide bonds. The molecule has 1 fully saturated rings. The first-order valence-electron chi connectivity index (χ1n) is 12.3. The average molecular weight is 503 g/mol. The van der Waals surface area contributed by atoms with Crippen molar-refractivity contribution in [2.75, 3.05) is 32.7 Å². The Morgan fingerprint density at radius 1 is 1.11 bits per heavy atom. The number of carbonyl (C=O) groups is 2. The lowest BCUT2D eigenvalue weighted by Crippen LogP contribution is -2.52. The van der Waals surface area contributed by atoms with E-state index in [2.05, 4.69) is 32.1 Å². The summed E-state index contributed by atoms with van der Waals surface area (Å²) in [5, 5.41) is 7.63. The molecular weight excluding hydrogens is 475 g/mol. The molecule has 0 atom stereocenters. The van der Waals surface area contributed by atoms with Crippen LogP contribution in [0.15, 0.2) is 60.1 Å². The van der Waals surface area contributed by atoms with E-state index in [4.69, 9.17) is 4.99 Å². The van der Waals surface area contributed by atoms with E-state index in [0.717, 1.165) is 37.0 Å². The highest BCUT2D eigenvalue weighted by Gasteiger charge is 2.31. The van der Waals surface area contributed by atoms with Crippen molar-refractivity contribution >= 4 is 28.4 Å². The van der Waals surface area contributed by atoms with E-state index in [1.807, 2.05) is 30.3 Å². The summed E-state index contributed by atoms with van der Waals surface area (Å²) in [4.78, 5) is 41.8. The van der Waals surface area contributed by atoms with Crippen molar-refractivity contribution < 1.29 is 14.0 Å². The van der Waals surface area contributed by atoms with Crippen LogP contribution < -0.4 is 0 Å². The molecule has 10 nitrogen and oxygen atoms in total. The number of H-pyrrole nitrogens is 1. The van der Waals surface area contributed by atoms with Gasteiger partial charge in [0.05, 0.1) is 35.1 Å². The van der Waals surface area contributed by atoms with Crippen molar-refractivity contribution in [3.63, 3.8) is 0 Å². The Bertz CT molecular complexity index is 1420. The van der Waals surface area contributed by atoms with Gasteiger partial charge >= 0.3 is 0 Å². The Morgan fingerprint density at radius 3 is 2.57 bits per heavy atom. The monoisotopic (exact) mass is 502 g/mol. The summed E-state index contributed by atoms with van der Waals surface area (Å²) in [6.07, 6.45) is 7.44. The lowest BCUT2D eigenvalue weighted by molar-refractivity contribution is -0.127. The molecule has 0 unspecified atom stereocenters. The largest absolute Gasteiger partial charge is 0.357 e. The van der Waals surface area contributed by atoms with E-state index >= 15 is 0 Å². The van der Waals surface area contributed by atoms with E-state index in [-0.39, 0.29) is 22.3 Å². The normalized spacial score (nSPS) is 14.4. The molecule has 1 aliphatic rings. The molecule has 4 heterocycles. The number of Topliss-reactive ketones (excluding diaryl/α,β-unsaturated/α-hetero) is 1. The second-order valence-electron chi connectivity index (χ2n) is 8.76. The van der Waals surface area contributed by atoms with Crippen LogP contribution in [0.1, 0.15) is 35.7 Å². The summed E-state index contributed by atoms with van der Waals surface area (Å²) < 4.78 is 16.1. The predicted molar refractivity (Wildman–Crippen MR) is 136 cm³/mol. The molecule has 3 aromatic heterocycles. The third-order valence-corrected chi connectivity index (χ3v) is 6.39. The number of carbonyl (C=O) groups excluding carboxylic acids is 2. The number of piperazine rings is 1. The van der Waals surface area contributed by atoms with Gasteiger partial charge in [-0.3, -0.25) is 14.6 Å². The van der Waals surface area contributed by atoms with E-state index in [0.29, 0.717) is 26.2 Å². The fraction of sp³-hybridized carbons (Fsp3) is 0.308. The maximum atomic E-state index is 14.8. The van der Waals surface area contributed by atoms with Gasteiger partial charge in [0.1, 0.15) is 5.84 Å². The summed E-state index contributed by atoms with van der Waals surface area (Å²) in [6.45, 7) is 4.67. The van der Waals surface area contributed by atoms with Gasteiger partial charge < -0.3 is 14.8 Å². The third kappa shape index (κ3) is 4.84. The highest BCUT2D eigenvalue weighted by Crippen LogP contribution is 2.26. The van der Waals surface area contributed by atoms with Crippen molar-refractivity contribution in [2.45, 2.75) is 19.8 Å². The van der Waals surface area contributed by atoms with Crippen LogP contribution in [-0.4, -0.2) is 85.0 Å². The summed E-state index contributed by atoms with van der Waals surface area (Å²) in [5.74, 6) is -0.946. The Kier molecular flexibility index (Phi) is 7.02. The van der Waals surface area contributed by atoms with Crippen molar-refractivity contribution in [3.05, 3.63) is 72.1 Å². The number of amidine groups is 1. The molecule has 1 aliphatic heterocycles. The van der Waals surface area contributed by atoms with Gasteiger partial charge in [0.15, 0.2) is 11.6 Å². The van der Waals surface area contributed by atoms with E-state index in [9.17, 15) is 14.0 Å². The molecule has 0 bridgehead atoms. The van der Waals surface area contributed by atoms with Crippen molar-refractivity contribution in [2.24, 2.45) is 4.99 Å². The van der Waals surface area contributed by atoms with Gasteiger partial charge in [-0.05, 0) is 6.42 Å². The van der Waals surface area contributed by atoms with Crippen molar-refractivity contribution in [3.8, 4) is 5.82 Å². The van der Waals surface area contributed by atoms with Crippen LogP contribution in [0, 0.1) is 5.82 Å². The summed E-state index contributed by atoms with van der Waals surface area (Å²) in [6, 6.07) is 9.98. The van der Waals surface area contributed by atoms with E-state index in [1.165, 1.54) is 22.0 Å². The number of aromatic nitrogens is 5. The second kappa shape index (κ2) is 10.7. The number of nitrogens with one attached hydrogen (secondary N) is 1. The van der Waals surface area contributed by atoms with E-state index < -0.39 is 17.5 Å². The molecule has 11 heteroatoms. The number of rotatable bonds is 7. The maximum absolute atomic E-state index is 14.8. The van der Waals surface area contributed by atoms with Gasteiger partial charge in [0.25, 0.3) is 11.7 Å². The molecule has 1 aromatic carbocycles. The third-order valence-electron chi connectivity index (χ3n) is 6.39. The molecule has 4 aromatic rings. The van der Waals surface area contributed by atoms with Crippen LogP contribution in [0.5, 0.6) is 0 Å². The summed E-state index contributed by atoms with van der Waals surface area (Å²) in [5.41, 5.74) is 1.26. The zero-order valence-corrected chi connectivity index (χ0v) is 20.5. The van der Waals surface area contributed by atoms with Crippen molar-refractivity contribution in [1.82, 2.24) is 34.8 Å². The van der Waals surface area contributed by atoms with Crippen molar-refractivity contribution in [1.29, 1.82) is 0 Å². The topological polar surface area (TPSA) is 112 Å². The Balaban J connectivity index is 1.33. The Hall–Kier alpha value is -4.41. The number of fused-ring (bicyclic) bond motifs is 1. The number of nitrogens with zero attached hydrogens (tertiary/aromatic N) is 7. The quantitative estimate of drug-likeness (QED) is 0.137. The van der Waals surface area contributed by atoms with Gasteiger partial charge in [-0.15, -0.1) is 5.10 Å². The number of hydrogen-bond donors (Lipinski definition) is 1. The number of benzene rings is 1. The zero-order chi connectivity index (χ0) is 25.8. The first kappa shape index (κ1) is 24.3. The SMILES string of the molecule is CCCC/N=C(\c1ccccc1)N1CCN(C(=O)C(=O)c2c[nH]c3c(-n4ccnn4)ncc(F)c23)CC1. The molecule has 1 N–H and O–H groups in total. The summed E-state index contributed by atoms with van der Waals surface area (Å²) >= 11 is 0. The Labute approximate surface area is 212 Å². The molecule has 5 rings (SSSR count). The molecule has 0 spiro atoms.